The van der Waals surface area contributed by atoms with Crippen molar-refractivity contribution >= 4 is 0 Å². The molecule has 0 fully saturated rings. The Morgan fingerprint density at radius 3 is 2.88 bits per heavy atom. The summed E-state index contributed by atoms with van der Waals surface area (Å²) in [7, 11) is 0. The Balaban J connectivity index is 2.05. The Kier molecular flexibility index (Phi) is 2.18. The average molecular weight is 216 g/mol. The van der Waals surface area contributed by atoms with Gasteiger partial charge in [-0.15, -0.1) is 5.10 Å². The summed E-state index contributed by atoms with van der Waals surface area (Å²) in [5.74, 6) is 1.53. The van der Waals surface area contributed by atoms with E-state index < -0.39 is 6.23 Å². The van der Waals surface area contributed by atoms with Crippen molar-refractivity contribution in [3.8, 4) is 11.4 Å². The Morgan fingerprint density at radius 1 is 1.31 bits per heavy atom. The van der Waals surface area contributed by atoms with Gasteiger partial charge >= 0.3 is 0 Å². The maximum Gasteiger partial charge on any atom is 0.181 e. The zero-order valence-corrected chi connectivity index (χ0v) is 8.74. The first-order valence-electron chi connectivity index (χ1n) is 5.38. The fraction of sp³-hybridized carbons (Fsp3) is 0.364. The zero-order chi connectivity index (χ0) is 11.0. The molecule has 0 saturated carbocycles. The van der Waals surface area contributed by atoms with Crippen molar-refractivity contribution < 1.29 is 5.11 Å². The monoisotopic (exact) mass is 216 g/mol. The van der Waals surface area contributed by atoms with Gasteiger partial charge in [0.1, 0.15) is 12.1 Å². The van der Waals surface area contributed by atoms with E-state index in [2.05, 4.69) is 15.1 Å². The Labute approximate surface area is 92.8 Å². The summed E-state index contributed by atoms with van der Waals surface area (Å²) < 4.78 is 1.62. The van der Waals surface area contributed by atoms with E-state index in [0.29, 0.717) is 5.82 Å². The van der Waals surface area contributed by atoms with Gasteiger partial charge in [0.2, 0.25) is 0 Å². The van der Waals surface area contributed by atoms with Crippen LogP contribution in [-0.2, 0) is 6.42 Å². The molecule has 0 radical (unpaired) electrons. The molecule has 3 heterocycles. The van der Waals surface area contributed by atoms with E-state index in [0.717, 1.165) is 30.7 Å². The van der Waals surface area contributed by atoms with Crippen molar-refractivity contribution in [3.05, 3.63) is 30.4 Å². The quantitative estimate of drug-likeness (QED) is 0.777. The lowest BCUT2D eigenvalue weighted by molar-refractivity contribution is 0.0648. The van der Waals surface area contributed by atoms with E-state index >= 15 is 0 Å². The number of fused-ring (bicyclic) bond motifs is 1. The standard InChI is InChI=1S/C11H12N4O/c16-10-3-1-2-9-13-11(14-15(9)10)8-4-6-12-7-5-8/h4-7,10,16H,1-3H2. The van der Waals surface area contributed by atoms with Crippen LogP contribution in [0.2, 0.25) is 0 Å². The number of aliphatic hydroxyl groups is 1. The third kappa shape index (κ3) is 1.49. The molecular formula is C11H12N4O. The van der Waals surface area contributed by atoms with Gasteiger partial charge in [-0.3, -0.25) is 4.98 Å². The maximum absolute atomic E-state index is 9.77. The predicted molar refractivity (Wildman–Crippen MR) is 57.4 cm³/mol. The molecule has 5 nitrogen and oxygen atoms in total. The molecule has 2 aromatic rings. The normalized spacial score (nSPS) is 19.4. The van der Waals surface area contributed by atoms with Gasteiger partial charge in [-0.05, 0) is 25.0 Å². The van der Waals surface area contributed by atoms with Crippen LogP contribution in [0.1, 0.15) is 24.9 Å². The van der Waals surface area contributed by atoms with Gasteiger partial charge in [0.15, 0.2) is 5.82 Å². The first-order chi connectivity index (χ1) is 7.84. The molecule has 16 heavy (non-hydrogen) atoms. The Morgan fingerprint density at radius 2 is 2.12 bits per heavy atom. The number of aryl methyl sites for hydroxylation is 1. The smallest absolute Gasteiger partial charge is 0.181 e. The van der Waals surface area contributed by atoms with Crippen LogP contribution in [0.4, 0.5) is 0 Å². The van der Waals surface area contributed by atoms with Crippen molar-refractivity contribution in [2.24, 2.45) is 0 Å². The van der Waals surface area contributed by atoms with E-state index in [4.69, 9.17) is 0 Å². The van der Waals surface area contributed by atoms with Crippen LogP contribution >= 0.6 is 0 Å². The number of hydrogen-bond acceptors (Lipinski definition) is 4. The highest BCUT2D eigenvalue weighted by Crippen LogP contribution is 2.23. The third-order valence-electron chi connectivity index (χ3n) is 2.79. The second kappa shape index (κ2) is 3.68. The fourth-order valence-corrected chi connectivity index (χ4v) is 1.95. The summed E-state index contributed by atoms with van der Waals surface area (Å²) in [6.45, 7) is 0. The number of rotatable bonds is 1. The molecule has 1 aliphatic heterocycles. The van der Waals surface area contributed by atoms with E-state index in [1.54, 1.807) is 17.1 Å². The van der Waals surface area contributed by atoms with Gasteiger partial charge in [-0.25, -0.2) is 9.67 Å². The van der Waals surface area contributed by atoms with Gasteiger partial charge in [-0.1, -0.05) is 0 Å². The Bertz CT molecular complexity index is 494. The van der Waals surface area contributed by atoms with Crippen LogP contribution < -0.4 is 0 Å². The third-order valence-corrected chi connectivity index (χ3v) is 2.79. The highest BCUT2D eigenvalue weighted by atomic mass is 16.3. The molecule has 82 valence electrons. The lowest BCUT2D eigenvalue weighted by atomic mass is 10.1. The van der Waals surface area contributed by atoms with Crippen LogP contribution in [-0.4, -0.2) is 24.9 Å². The van der Waals surface area contributed by atoms with Gasteiger partial charge < -0.3 is 5.11 Å². The first kappa shape index (κ1) is 9.47. The second-order valence-electron chi connectivity index (χ2n) is 3.90. The SMILES string of the molecule is OC1CCCc2nc(-c3ccncc3)nn21. The minimum absolute atomic E-state index is 0.521. The topological polar surface area (TPSA) is 63.8 Å². The molecule has 1 atom stereocenters. The Hall–Kier alpha value is -1.75. The minimum atomic E-state index is -0.521. The van der Waals surface area contributed by atoms with Crippen molar-refractivity contribution in [3.63, 3.8) is 0 Å². The van der Waals surface area contributed by atoms with Crippen LogP contribution in [0.5, 0.6) is 0 Å². The maximum atomic E-state index is 9.77. The molecule has 1 aliphatic rings. The number of aliphatic hydroxyl groups excluding tert-OH is 1. The molecule has 0 bridgehead atoms. The molecule has 0 saturated heterocycles. The summed E-state index contributed by atoms with van der Waals surface area (Å²) >= 11 is 0. The van der Waals surface area contributed by atoms with Crippen LogP contribution in [0.25, 0.3) is 11.4 Å². The molecular weight excluding hydrogens is 204 g/mol. The molecule has 3 rings (SSSR count). The van der Waals surface area contributed by atoms with Gasteiger partial charge in [-0.2, -0.15) is 0 Å². The van der Waals surface area contributed by atoms with Crippen LogP contribution in [0.15, 0.2) is 24.5 Å². The number of nitrogens with zero attached hydrogens (tertiary/aromatic N) is 4. The van der Waals surface area contributed by atoms with Crippen LogP contribution in [0, 0.1) is 0 Å². The van der Waals surface area contributed by atoms with Gasteiger partial charge in [0.05, 0.1) is 0 Å². The van der Waals surface area contributed by atoms with E-state index in [-0.39, 0.29) is 0 Å². The number of pyridine rings is 1. The molecule has 1 unspecified atom stereocenters. The van der Waals surface area contributed by atoms with Crippen molar-refractivity contribution in [2.45, 2.75) is 25.5 Å². The summed E-state index contributed by atoms with van der Waals surface area (Å²) in [4.78, 5) is 8.39. The molecule has 2 aromatic heterocycles. The molecule has 0 amide bonds. The van der Waals surface area contributed by atoms with Crippen molar-refractivity contribution in [1.29, 1.82) is 0 Å². The molecule has 0 aliphatic carbocycles. The van der Waals surface area contributed by atoms with E-state index in [1.807, 2.05) is 12.1 Å². The van der Waals surface area contributed by atoms with Crippen molar-refractivity contribution in [1.82, 2.24) is 19.7 Å². The number of aromatic nitrogens is 4. The van der Waals surface area contributed by atoms with Gasteiger partial charge in [0, 0.05) is 24.4 Å². The lowest BCUT2D eigenvalue weighted by Gasteiger charge is -2.17. The van der Waals surface area contributed by atoms with Gasteiger partial charge in [0.25, 0.3) is 0 Å². The van der Waals surface area contributed by atoms with E-state index in [1.165, 1.54) is 0 Å². The molecule has 0 spiro atoms. The highest BCUT2D eigenvalue weighted by molar-refractivity contribution is 5.53. The first-order valence-corrected chi connectivity index (χ1v) is 5.38. The summed E-state index contributed by atoms with van der Waals surface area (Å²) in [5, 5.41) is 14.1. The minimum Gasteiger partial charge on any atom is -0.372 e. The number of hydrogen-bond donors (Lipinski definition) is 1. The lowest BCUT2D eigenvalue weighted by Crippen LogP contribution is -2.18. The fourth-order valence-electron chi connectivity index (χ4n) is 1.95. The zero-order valence-electron chi connectivity index (χ0n) is 8.74. The molecule has 0 aromatic carbocycles. The second-order valence-corrected chi connectivity index (χ2v) is 3.90. The largest absolute Gasteiger partial charge is 0.372 e. The predicted octanol–water partition coefficient (Wildman–Crippen LogP) is 1.17. The highest BCUT2D eigenvalue weighted by Gasteiger charge is 2.21. The van der Waals surface area contributed by atoms with E-state index in [9.17, 15) is 5.11 Å². The summed E-state index contributed by atoms with van der Waals surface area (Å²) in [5.41, 5.74) is 0.934. The average Bonchev–Trinajstić information content (AvgIpc) is 2.76. The molecule has 1 N–H and O–H groups in total. The van der Waals surface area contributed by atoms with Crippen molar-refractivity contribution in [2.75, 3.05) is 0 Å². The molecule has 5 heteroatoms. The summed E-state index contributed by atoms with van der Waals surface area (Å²) in [6, 6.07) is 3.74. The van der Waals surface area contributed by atoms with Crippen LogP contribution in [0.3, 0.4) is 0 Å². The summed E-state index contributed by atoms with van der Waals surface area (Å²) in [6.07, 6.45) is 5.51.